The molecule has 1 fully saturated rings. The van der Waals surface area contributed by atoms with Crippen molar-refractivity contribution in [1.82, 2.24) is 4.90 Å². The molecule has 0 atom stereocenters. The van der Waals surface area contributed by atoms with E-state index in [1.165, 1.54) is 16.8 Å². The second kappa shape index (κ2) is 11.3. The lowest BCUT2D eigenvalue weighted by atomic mass is 10.1. The molecule has 36 heavy (non-hydrogen) atoms. The summed E-state index contributed by atoms with van der Waals surface area (Å²) < 4.78 is 26.4. The molecule has 190 valence electrons. The maximum Gasteiger partial charge on any atom is 0.254 e. The minimum absolute atomic E-state index is 0.0765. The summed E-state index contributed by atoms with van der Waals surface area (Å²) >= 11 is 0. The van der Waals surface area contributed by atoms with E-state index in [1.54, 1.807) is 18.2 Å². The van der Waals surface area contributed by atoms with Gasteiger partial charge in [0.2, 0.25) is 0 Å². The quantitative estimate of drug-likeness (QED) is 0.402. The van der Waals surface area contributed by atoms with Gasteiger partial charge in [-0.05, 0) is 67.1 Å². The van der Waals surface area contributed by atoms with Gasteiger partial charge in [0, 0.05) is 37.4 Å². The average molecular weight is 505 g/mol. The fourth-order valence-electron chi connectivity index (χ4n) is 4.75. The van der Waals surface area contributed by atoms with Crippen molar-refractivity contribution in [2.24, 2.45) is 0 Å². The van der Waals surface area contributed by atoms with Crippen LogP contribution in [0.4, 0.5) is 5.69 Å². The van der Waals surface area contributed by atoms with Gasteiger partial charge in [0.25, 0.3) is 5.91 Å². The molecule has 0 aliphatic carbocycles. The standard InChI is InChI=1S/C30H36N2O3S/c1-4-5-9-25-12-14-26(15-13-25)22-36(34,35)27-16-11-23(2)28(21-27)30(33)32-19-17-31(18-20-32)29-10-7-6-8-24(29)3/h6-8,10-16,21H,4-5,9,17-20,22H2,1-3H3. The van der Waals surface area contributed by atoms with E-state index in [-0.39, 0.29) is 16.6 Å². The summed E-state index contributed by atoms with van der Waals surface area (Å²) in [6, 6.07) is 21.0. The molecule has 1 saturated heterocycles. The fourth-order valence-corrected chi connectivity index (χ4v) is 6.12. The van der Waals surface area contributed by atoms with Crippen molar-refractivity contribution in [1.29, 1.82) is 0 Å². The van der Waals surface area contributed by atoms with E-state index in [4.69, 9.17) is 0 Å². The van der Waals surface area contributed by atoms with E-state index >= 15 is 0 Å². The number of unbranched alkanes of at least 4 members (excludes halogenated alkanes) is 1. The molecule has 5 nitrogen and oxygen atoms in total. The van der Waals surface area contributed by atoms with E-state index in [0.717, 1.165) is 43.5 Å². The second-order valence-corrected chi connectivity index (χ2v) is 11.7. The number of nitrogens with zero attached hydrogens (tertiary/aromatic N) is 2. The Morgan fingerprint density at radius 2 is 1.50 bits per heavy atom. The van der Waals surface area contributed by atoms with Gasteiger partial charge in [-0.3, -0.25) is 4.79 Å². The first-order chi connectivity index (χ1) is 17.3. The van der Waals surface area contributed by atoms with Crippen LogP contribution in [0.5, 0.6) is 0 Å². The summed E-state index contributed by atoms with van der Waals surface area (Å²) in [6.07, 6.45) is 3.26. The van der Waals surface area contributed by atoms with Crippen molar-refractivity contribution in [2.75, 3.05) is 31.1 Å². The Morgan fingerprint density at radius 3 is 2.17 bits per heavy atom. The van der Waals surface area contributed by atoms with E-state index < -0.39 is 9.84 Å². The maximum absolute atomic E-state index is 13.4. The van der Waals surface area contributed by atoms with Gasteiger partial charge in [0.1, 0.15) is 0 Å². The molecule has 6 heteroatoms. The number of para-hydroxylation sites is 1. The van der Waals surface area contributed by atoms with E-state index in [0.29, 0.717) is 18.7 Å². The van der Waals surface area contributed by atoms with Crippen LogP contribution in [0.15, 0.2) is 71.6 Å². The molecule has 0 unspecified atom stereocenters. The molecule has 1 heterocycles. The number of sulfone groups is 1. The van der Waals surface area contributed by atoms with Crippen molar-refractivity contribution >= 4 is 21.4 Å². The Balaban J connectivity index is 1.46. The summed E-state index contributed by atoms with van der Waals surface area (Å²) in [5.41, 5.74) is 5.67. The Hall–Kier alpha value is -3.12. The highest BCUT2D eigenvalue weighted by Crippen LogP contribution is 2.24. The fraction of sp³-hybridized carbons (Fsp3) is 0.367. The van der Waals surface area contributed by atoms with Gasteiger partial charge < -0.3 is 9.80 Å². The molecule has 0 spiro atoms. The summed E-state index contributed by atoms with van der Waals surface area (Å²) in [6.45, 7) is 8.84. The van der Waals surface area contributed by atoms with Crippen LogP contribution in [0.2, 0.25) is 0 Å². The second-order valence-electron chi connectivity index (χ2n) is 9.72. The van der Waals surface area contributed by atoms with Crippen molar-refractivity contribution in [3.8, 4) is 0 Å². The van der Waals surface area contributed by atoms with Crippen molar-refractivity contribution in [2.45, 2.75) is 50.7 Å². The summed E-state index contributed by atoms with van der Waals surface area (Å²) in [4.78, 5) is 17.7. The lowest BCUT2D eigenvalue weighted by Gasteiger charge is -2.37. The Labute approximate surface area is 215 Å². The number of carbonyl (C=O) groups is 1. The van der Waals surface area contributed by atoms with Crippen LogP contribution in [0, 0.1) is 13.8 Å². The zero-order chi connectivity index (χ0) is 25.7. The first kappa shape index (κ1) is 26.0. The third kappa shape index (κ3) is 5.98. The highest BCUT2D eigenvalue weighted by atomic mass is 32.2. The monoisotopic (exact) mass is 504 g/mol. The largest absolute Gasteiger partial charge is 0.368 e. The van der Waals surface area contributed by atoms with Crippen LogP contribution in [-0.4, -0.2) is 45.4 Å². The summed E-state index contributed by atoms with van der Waals surface area (Å²) in [5, 5.41) is 0. The van der Waals surface area contributed by atoms with Gasteiger partial charge >= 0.3 is 0 Å². The Morgan fingerprint density at radius 1 is 0.833 bits per heavy atom. The van der Waals surface area contributed by atoms with Gasteiger partial charge in [-0.2, -0.15) is 0 Å². The smallest absolute Gasteiger partial charge is 0.254 e. The molecule has 4 rings (SSSR count). The molecule has 1 amide bonds. The van der Waals surface area contributed by atoms with Crippen LogP contribution in [-0.2, 0) is 22.0 Å². The highest BCUT2D eigenvalue weighted by molar-refractivity contribution is 7.90. The maximum atomic E-state index is 13.4. The van der Waals surface area contributed by atoms with Crippen molar-refractivity contribution in [3.63, 3.8) is 0 Å². The zero-order valence-corrected chi connectivity index (χ0v) is 22.4. The van der Waals surface area contributed by atoms with Gasteiger partial charge in [-0.25, -0.2) is 8.42 Å². The number of aryl methyl sites for hydroxylation is 3. The number of amides is 1. The number of anilines is 1. The van der Waals surface area contributed by atoms with Gasteiger partial charge in [-0.1, -0.05) is 61.9 Å². The number of carbonyl (C=O) groups excluding carboxylic acids is 1. The predicted molar refractivity (Wildman–Crippen MR) is 146 cm³/mol. The topological polar surface area (TPSA) is 57.7 Å². The lowest BCUT2D eigenvalue weighted by molar-refractivity contribution is 0.0746. The van der Waals surface area contributed by atoms with Crippen LogP contribution < -0.4 is 4.90 Å². The molecular formula is C30H36N2O3S. The highest BCUT2D eigenvalue weighted by Gasteiger charge is 2.25. The van der Waals surface area contributed by atoms with E-state index in [2.05, 4.69) is 30.9 Å². The number of rotatable bonds is 8. The molecule has 0 saturated carbocycles. The molecule has 3 aromatic carbocycles. The molecule has 3 aromatic rings. The Bertz CT molecular complexity index is 1310. The zero-order valence-electron chi connectivity index (χ0n) is 21.5. The first-order valence-corrected chi connectivity index (χ1v) is 14.4. The first-order valence-electron chi connectivity index (χ1n) is 12.8. The molecule has 0 radical (unpaired) electrons. The number of piperazine rings is 1. The SMILES string of the molecule is CCCCc1ccc(CS(=O)(=O)c2ccc(C)c(C(=O)N3CCN(c4ccccc4C)CC3)c2)cc1. The van der Waals surface area contributed by atoms with Crippen molar-refractivity contribution in [3.05, 3.63) is 94.5 Å². The number of hydrogen-bond donors (Lipinski definition) is 0. The lowest BCUT2D eigenvalue weighted by Crippen LogP contribution is -2.49. The summed E-state index contributed by atoms with van der Waals surface area (Å²) in [7, 11) is -3.58. The third-order valence-corrected chi connectivity index (χ3v) is 8.71. The van der Waals surface area contributed by atoms with E-state index in [1.807, 2.05) is 48.2 Å². The number of hydrogen-bond acceptors (Lipinski definition) is 4. The van der Waals surface area contributed by atoms with Crippen molar-refractivity contribution < 1.29 is 13.2 Å². The minimum Gasteiger partial charge on any atom is -0.368 e. The van der Waals surface area contributed by atoms with Crippen LogP contribution in [0.1, 0.15) is 52.4 Å². The molecule has 0 N–H and O–H groups in total. The predicted octanol–water partition coefficient (Wildman–Crippen LogP) is 5.58. The minimum atomic E-state index is -3.58. The molecule has 0 aromatic heterocycles. The number of benzene rings is 3. The van der Waals surface area contributed by atoms with E-state index in [9.17, 15) is 13.2 Å². The molecule has 1 aliphatic rings. The van der Waals surface area contributed by atoms with Gasteiger partial charge in [0.15, 0.2) is 9.84 Å². The van der Waals surface area contributed by atoms with Crippen LogP contribution in [0.3, 0.4) is 0 Å². The van der Waals surface area contributed by atoms with Gasteiger partial charge in [0.05, 0.1) is 10.6 Å². The van der Waals surface area contributed by atoms with Crippen LogP contribution in [0.25, 0.3) is 0 Å². The molecule has 1 aliphatic heterocycles. The third-order valence-electron chi connectivity index (χ3n) is 7.02. The van der Waals surface area contributed by atoms with Gasteiger partial charge in [-0.15, -0.1) is 0 Å². The Kier molecular flexibility index (Phi) is 8.14. The van der Waals surface area contributed by atoms with Crippen LogP contribution >= 0.6 is 0 Å². The molecule has 0 bridgehead atoms. The summed E-state index contributed by atoms with van der Waals surface area (Å²) in [5.74, 6) is -0.179. The normalized spacial score (nSPS) is 14.2. The molecular weight excluding hydrogens is 468 g/mol. The average Bonchev–Trinajstić information content (AvgIpc) is 2.88.